The molecule has 12 heteroatoms. The zero-order chi connectivity index (χ0) is 32.7. The Kier molecular flexibility index (Phi) is 10.4. The molecule has 0 saturated carbocycles. The number of carbonyl (C=O) groups excluding carboxylic acids is 2. The van der Waals surface area contributed by atoms with Crippen molar-refractivity contribution in [1.29, 1.82) is 0 Å². The molecule has 12 nitrogen and oxygen atoms in total. The van der Waals surface area contributed by atoms with Gasteiger partial charge in [0.25, 0.3) is 0 Å². The van der Waals surface area contributed by atoms with Gasteiger partial charge in [0.15, 0.2) is 23.0 Å². The Balaban J connectivity index is 1.83. The number of hydrogen-bond acceptors (Lipinski definition) is 9. The number of nitrogens with zero attached hydrogens (tertiary/aromatic N) is 4. The molecule has 1 aromatic heterocycles. The number of methoxy groups -OCH3 is 5. The molecule has 1 N–H and O–H groups in total. The maximum atomic E-state index is 14.3. The van der Waals surface area contributed by atoms with Crippen LogP contribution in [0.2, 0.25) is 0 Å². The number of benzene rings is 3. The molecular formula is C33H41N5O7. The lowest BCUT2D eigenvalue weighted by Crippen LogP contribution is -2.50. The fourth-order valence-electron chi connectivity index (χ4n) is 5.11. The number of para-hydroxylation sites is 1. The highest BCUT2D eigenvalue weighted by atomic mass is 16.5. The van der Waals surface area contributed by atoms with Crippen molar-refractivity contribution >= 4 is 22.8 Å². The summed E-state index contributed by atoms with van der Waals surface area (Å²) in [5, 5.41) is 11.5. The van der Waals surface area contributed by atoms with Gasteiger partial charge in [-0.3, -0.25) is 9.59 Å². The van der Waals surface area contributed by atoms with Crippen LogP contribution in [0.5, 0.6) is 28.7 Å². The van der Waals surface area contributed by atoms with Gasteiger partial charge in [-0.25, -0.2) is 4.68 Å². The molecule has 240 valence electrons. The summed E-state index contributed by atoms with van der Waals surface area (Å²) in [4.78, 5) is 30.1. The summed E-state index contributed by atoms with van der Waals surface area (Å²) in [7, 11) is 7.65. The Morgan fingerprint density at radius 2 is 1.49 bits per heavy atom. The average molecular weight is 620 g/mol. The van der Waals surface area contributed by atoms with E-state index < -0.39 is 11.6 Å². The maximum absolute atomic E-state index is 14.3. The van der Waals surface area contributed by atoms with Gasteiger partial charge in [-0.15, -0.1) is 5.10 Å². The van der Waals surface area contributed by atoms with Crippen molar-refractivity contribution in [2.75, 3.05) is 42.1 Å². The molecule has 0 fully saturated rings. The fraction of sp³-hybridized carbons (Fsp3) is 0.394. The quantitative estimate of drug-likeness (QED) is 0.234. The molecule has 0 spiro atoms. The fourth-order valence-corrected chi connectivity index (χ4v) is 5.11. The average Bonchev–Trinajstić information content (AvgIpc) is 3.43. The number of ether oxygens (including phenoxy) is 5. The van der Waals surface area contributed by atoms with Crippen molar-refractivity contribution in [1.82, 2.24) is 25.2 Å². The van der Waals surface area contributed by atoms with E-state index in [4.69, 9.17) is 23.7 Å². The van der Waals surface area contributed by atoms with Crippen molar-refractivity contribution < 1.29 is 33.3 Å². The van der Waals surface area contributed by atoms with Gasteiger partial charge in [0.05, 0.1) is 41.1 Å². The van der Waals surface area contributed by atoms with Crippen molar-refractivity contribution in [3.63, 3.8) is 0 Å². The van der Waals surface area contributed by atoms with E-state index in [2.05, 4.69) is 15.6 Å². The van der Waals surface area contributed by atoms with Crippen LogP contribution in [0.1, 0.15) is 37.9 Å². The molecule has 45 heavy (non-hydrogen) atoms. The summed E-state index contributed by atoms with van der Waals surface area (Å²) < 4.78 is 29.2. The second kappa shape index (κ2) is 14.2. The van der Waals surface area contributed by atoms with E-state index in [1.165, 1.54) is 26.0 Å². The molecule has 0 aliphatic heterocycles. The van der Waals surface area contributed by atoms with E-state index >= 15 is 0 Å². The zero-order valence-electron chi connectivity index (χ0n) is 27.0. The van der Waals surface area contributed by atoms with Gasteiger partial charge in [0.1, 0.15) is 18.1 Å². The van der Waals surface area contributed by atoms with Gasteiger partial charge in [-0.05, 0) is 74.7 Å². The van der Waals surface area contributed by atoms with Gasteiger partial charge >= 0.3 is 0 Å². The Bertz CT molecular complexity index is 1620. The maximum Gasteiger partial charge on any atom is 0.247 e. The van der Waals surface area contributed by atoms with Gasteiger partial charge < -0.3 is 33.9 Å². The zero-order valence-corrected chi connectivity index (χ0v) is 27.0. The standard InChI is InChI=1S/C33H41N5O7/c1-33(2,3)34-32(40)30(22-18-27(43-6)31(45-8)28(19-22)44-7)37(16-15-21-13-14-25(41-4)26(17-21)42-5)29(39)20-38-24-12-10-9-11-23(24)35-36-38/h9-14,17-19,30H,15-16,20H2,1-8H3,(H,34,40)/t30-/m1/s1. The number of rotatable bonds is 13. The van der Waals surface area contributed by atoms with Crippen LogP contribution in [-0.4, -0.2) is 79.3 Å². The summed E-state index contributed by atoms with van der Waals surface area (Å²) in [5.74, 6) is 1.52. The summed E-state index contributed by atoms with van der Waals surface area (Å²) in [6.45, 7) is 5.69. The minimum atomic E-state index is -1.07. The largest absolute Gasteiger partial charge is 0.493 e. The summed E-state index contributed by atoms with van der Waals surface area (Å²) in [6, 6.07) is 15.3. The first kappa shape index (κ1) is 32.9. The molecule has 4 aromatic rings. The van der Waals surface area contributed by atoms with E-state index in [9.17, 15) is 9.59 Å². The van der Waals surface area contributed by atoms with Gasteiger partial charge in [-0.1, -0.05) is 23.4 Å². The Morgan fingerprint density at radius 3 is 2.09 bits per heavy atom. The highest BCUT2D eigenvalue weighted by molar-refractivity contribution is 5.90. The van der Waals surface area contributed by atoms with Crippen LogP contribution >= 0.6 is 0 Å². The molecular weight excluding hydrogens is 578 g/mol. The van der Waals surface area contributed by atoms with Gasteiger partial charge in [0.2, 0.25) is 17.6 Å². The first-order valence-electron chi connectivity index (χ1n) is 14.4. The topological polar surface area (TPSA) is 126 Å². The molecule has 0 aliphatic carbocycles. The molecule has 0 aliphatic rings. The number of hydrogen-bond donors (Lipinski definition) is 1. The smallest absolute Gasteiger partial charge is 0.247 e. The van der Waals surface area contributed by atoms with Crippen molar-refractivity contribution in [2.45, 2.75) is 45.3 Å². The van der Waals surface area contributed by atoms with Crippen molar-refractivity contribution in [2.24, 2.45) is 0 Å². The predicted molar refractivity (Wildman–Crippen MR) is 169 cm³/mol. The van der Waals surface area contributed by atoms with Gasteiger partial charge in [-0.2, -0.15) is 0 Å². The molecule has 2 amide bonds. The Morgan fingerprint density at radius 1 is 0.844 bits per heavy atom. The summed E-state index contributed by atoms with van der Waals surface area (Å²) in [6.07, 6.45) is 0.411. The van der Waals surface area contributed by atoms with E-state index in [-0.39, 0.29) is 24.9 Å². The second-order valence-corrected chi connectivity index (χ2v) is 11.4. The Hall–Kier alpha value is -5.00. The predicted octanol–water partition coefficient (Wildman–Crippen LogP) is 4.20. The van der Waals surface area contributed by atoms with E-state index in [0.717, 1.165) is 5.56 Å². The van der Waals surface area contributed by atoms with Crippen LogP contribution in [0.3, 0.4) is 0 Å². The van der Waals surface area contributed by atoms with Crippen LogP contribution in [0.4, 0.5) is 0 Å². The summed E-state index contributed by atoms with van der Waals surface area (Å²) in [5.41, 5.74) is 2.14. The van der Waals surface area contributed by atoms with E-state index in [1.54, 1.807) is 31.3 Å². The number of aromatic nitrogens is 3. The van der Waals surface area contributed by atoms with Crippen LogP contribution < -0.4 is 29.0 Å². The second-order valence-electron chi connectivity index (χ2n) is 11.4. The molecule has 1 heterocycles. The lowest BCUT2D eigenvalue weighted by atomic mass is 9.99. The number of amides is 2. The molecule has 0 bridgehead atoms. The molecule has 1 atom stereocenters. The Labute approximate surface area is 263 Å². The SMILES string of the molecule is COc1ccc(CCN(C(=O)Cn2nnc3ccccc32)[C@@H](C(=O)NC(C)(C)C)c2cc(OC)c(OC)c(OC)c2)cc1OC. The lowest BCUT2D eigenvalue weighted by molar-refractivity contribution is -0.142. The summed E-state index contributed by atoms with van der Waals surface area (Å²) >= 11 is 0. The van der Waals surface area contributed by atoms with Crippen LogP contribution in [0.15, 0.2) is 54.6 Å². The monoisotopic (exact) mass is 619 g/mol. The number of fused-ring (bicyclic) bond motifs is 1. The third-order valence-electron chi connectivity index (χ3n) is 7.18. The molecule has 0 saturated heterocycles. The molecule has 0 radical (unpaired) electrons. The van der Waals surface area contributed by atoms with E-state index in [1.807, 2.05) is 63.2 Å². The van der Waals surface area contributed by atoms with Crippen molar-refractivity contribution in [3.8, 4) is 28.7 Å². The first-order chi connectivity index (χ1) is 21.5. The molecule has 3 aromatic carbocycles. The van der Waals surface area contributed by atoms with Gasteiger partial charge in [0, 0.05) is 12.1 Å². The minimum Gasteiger partial charge on any atom is -0.493 e. The third kappa shape index (κ3) is 7.57. The molecule has 4 rings (SSSR count). The van der Waals surface area contributed by atoms with Crippen LogP contribution in [0, 0.1) is 0 Å². The minimum absolute atomic E-state index is 0.143. The number of carbonyl (C=O) groups is 2. The normalized spacial score (nSPS) is 11.9. The highest BCUT2D eigenvalue weighted by Crippen LogP contribution is 2.41. The number of nitrogens with one attached hydrogen (secondary N) is 1. The third-order valence-corrected chi connectivity index (χ3v) is 7.18. The lowest BCUT2D eigenvalue weighted by Gasteiger charge is -2.34. The highest BCUT2D eigenvalue weighted by Gasteiger charge is 2.35. The molecule has 0 unspecified atom stereocenters. The first-order valence-corrected chi connectivity index (χ1v) is 14.4. The van der Waals surface area contributed by atoms with Crippen LogP contribution in [0.25, 0.3) is 11.0 Å². The van der Waals surface area contributed by atoms with Crippen molar-refractivity contribution in [3.05, 3.63) is 65.7 Å². The van der Waals surface area contributed by atoms with E-state index in [0.29, 0.717) is 51.8 Å². The van der Waals surface area contributed by atoms with Crippen LogP contribution in [-0.2, 0) is 22.6 Å².